The Kier molecular flexibility index (Phi) is 2.61. The Morgan fingerprint density at radius 2 is 1.45 bits per heavy atom. The van der Waals surface area contributed by atoms with Gasteiger partial charge < -0.3 is 0 Å². The molecule has 0 aliphatic heterocycles. The van der Waals surface area contributed by atoms with Crippen LogP contribution in [-0.4, -0.2) is 0 Å². The van der Waals surface area contributed by atoms with Crippen LogP contribution in [0.1, 0.15) is 75.7 Å². The van der Waals surface area contributed by atoms with Crippen molar-refractivity contribution in [2.45, 2.75) is 70.1 Å². The molecule has 0 radical (unpaired) electrons. The molecular formula is C29H35+. The van der Waals surface area contributed by atoms with E-state index in [1.165, 1.54) is 0 Å². The van der Waals surface area contributed by atoms with E-state index in [0.717, 1.165) is 64.6 Å². The summed E-state index contributed by atoms with van der Waals surface area (Å²) >= 11 is 0. The number of hydrogen-bond acceptors (Lipinski definition) is 0. The van der Waals surface area contributed by atoms with Gasteiger partial charge in [-0.25, -0.2) is 0 Å². The molecule has 150 valence electrons. The summed E-state index contributed by atoms with van der Waals surface area (Å²) in [6.45, 7) is 0. The Labute approximate surface area is 176 Å². The molecule has 0 heteroatoms. The summed E-state index contributed by atoms with van der Waals surface area (Å²) in [5.41, 5.74) is 3.24. The van der Waals surface area contributed by atoms with Crippen molar-refractivity contribution in [3.05, 3.63) is 41.8 Å². The van der Waals surface area contributed by atoms with Gasteiger partial charge in [-0.2, -0.15) is 0 Å². The van der Waals surface area contributed by atoms with Crippen LogP contribution in [0.5, 0.6) is 0 Å². The zero-order valence-electron chi connectivity index (χ0n) is 17.7. The van der Waals surface area contributed by atoms with Crippen LogP contribution in [0.2, 0.25) is 0 Å². The van der Waals surface area contributed by atoms with E-state index in [4.69, 9.17) is 0 Å². The Morgan fingerprint density at radius 3 is 2.28 bits per heavy atom. The van der Waals surface area contributed by atoms with E-state index < -0.39 is 0 Å². The summed E-state index contributed by atoms with van der Waals surface area (Å²) in [6, 6.07) is 12.1. The second-order valence-corrected chi connectivity index (χ2v) is 13.3. The molecule has 0 heterocycles. The molecule has 0 N–H and O–H groups in total. The van der Waals surface area contributed by atoms with Crippen molar-refractivity contribution in [3.63, 3.8) is 0 Å². The predicted octanol–water partition coefficient (Wildman–Crippen LogP) is 6.87. The van der Waals surface area contributed by atoms with Gasteiger partial charge in [0, 0.05) is 16.7 Å². The first-order valence-corrected chi connectivity index (χ1v) is 13.2. The van der Waals surface area contributed by atoms with Crippen LogP contribution in [0.15, 0.2) is 30.3 Å². The van der Waals surface area contributed by atoms with Gasteiger partial charge in [-0.1, -0.05) is 30.3 Å². The minimum atomic E-state index is 0.711. The summed E-state index contributed by atoms with van der Waals surface area (Å²) in [6.07, 6.45) is 16.1. The van der Waals surface area contributed by atoms with Crippen LogP contribution in [0.3, 0.4) is 0 Å². The van der Waals surface area contributed by atoms with E-state index in [9.17, 15) is 0 Å². The van der Waals surface area contributed by atoms with Crippen LogP contribution in [0.4, 0.5) is 0 Å². The van der Waals surface area contributed by atoms with Gasteiger partial charge in [-0.05, 0) is 105 Å². The summed E-state index contributed by atoms with van der Waals surface area (Å²) in [4.78, 5) is 0. The third kappa shape index (κ3) is 1.54. The smallest absolute Gasteiger partial charge is 0.0622 e. The van der Waals surface area contributed by atoms with Gasteiger partial charge in [0.2, 0.25) is 0 Å². The lowest BCUT2D eigenvalue weighted by atomic mass is 9.53. The highest BCUT2D eigenvalue weighted by molar-refractivity contribution is 5.51. The summed E-state index contributed by atoms with van der Waals surface area (Å²) in [5.74, 6) is 12.7. The average molecular weight is 384 g/mol. The van der Waals surface area contributed by atoms with Crippen molar-refractivity contribution in [1.82, 2.24) is 0 Å². The van der Waals surface area contributed by atoms with Gasteiger partial charge in [0.1, 0.15) is 23.7 Å². The average Bonchev–Trinajstić information content (AvgIpc) is 3.27. The van der Waals surface area contributed by atoms with Gasteiger partial charge in [0.15, 0.2) is 0 Å². The third-order valence-corrected chi connectivity index (χ3v) is 12.7. The lowest BCUT2D eigenvalue weighted by Crippen LogP contribution is -2.44. The Balaban J connectivity index is 1.31. The molecule has 9 fully saturated rings. The van der Waals surface area contributed by atoms with Gasteiger partial charge >= 0.3 is 0 Å². The van der Waals surface area contributed by atoms with Gasteiger partial charge in [0.25, 0.3) is 0 Å². The minimum Gasteiger partial charge on any atom is -0.0622 e. The fourth-order valence-electron chi connectivity index (χ4n) is 13.0. The number of benzene rings is 1. The maximum Gasteiger partial charge on any atom is 0.132 e. The quantitative estimate of drug-likeness (QED) is 0.464. The number of rotatable bonds is 1. The van der Waals surface area contributed by atoms with Crippen molar-refractivity contribution < 1.29 is 0 Å². The standard InChI is InChI=1S/C29H35/c1-2-4-20(5-3-1)26-25-21-8-16-6-17(9-21)11-22(10-16)27(25)29-23-12-18-7-19(13-23)15-28(26,29)24(29)14-18/h1-5,16-19,21-24,26-27H,6-15H2/q+1/t16-,17+,18-,19+,21?,22?,23-,24?,26?,27?,28+,29?/m1/s1. The lowest BCUT2D eigenvalue weighted by molar-refractivity contribution is -0.0169. The molecule has 1 aromatic carbocycles. The van der Waals surface area contributed by atoms with Crippen molar-refractivity contribution in [1.29, 1.82) is 0 Å². The van der Waals surface area contributed by atoms with Crippen molar-refractivity contribution in [2.24, 2.45) is 64.1 Å². The third-order valence-electron chi connectivity index (χ3n) is 12.7. The summed E-state index contributed by atoms with van der Waals surface area (Å²) < 4.78 is 0. The number of fused-ring (bicyclic) bond motifs is 2. The molecule has 1 spiro atoms. The second kappa shape index (κ2) is 4.78. The fraction of sp³-hybridized carbons (Fsp3) is 0.759. The first-order valence-electron chi connectivity index (χ1n) is 13.2. The highest BCUT2D eigenvalue weighted by atomic mass is 15.0. The Hall–Kier alpha value is -0.910. The van der Waals surface area contributed by atoms with Crippen LogP contribution < -0.4 is 0 Å². The molecule has 1 aromatic rings. The molecule has 7 bridgehead atoms. The van der Waals surface area contributed by atoms with E-state index >= 15 is 0 Å². The highest BCUT2D eigenvalue weighted by Crippen LogP contribution is 2.97. The van der Waals surface area contributed by atoms with Crippen molar-refractivity contribution in [3.8, 4) is 0 Å². The predicted molar refractivity (Wildman–Crippen MR) is 115 cm³/mol. The molecule has 10 rings (SSSR count). The molecule has 6 unspecified atom stereocenters. The molecule has 0 saturated heterocycles. The largest absolute Gasteiger partial charge is 0.132 e. The molecule has 0 amide bonds. The van der Waals surface area contributed by atoms with Crippen LogP contribution in [0.25, 0.3) is 0 Å². The Bertz CT molecular complexity index is 871. The fourth-order valence-corrected chi connectivity index (χ4v) is 13.0. The molecule has 9 aliphatic carbocycles. The maximum atomic E-state index is 2.55. The molecule has 9 aliphatic rings. The van der Waals surface area contributed by atoms with Crippen molar-refractivity contribution in [2.75, 3.05) is 0 Å². The topological polar surface area (TPSA) is 0 Å². The summed E-state index contributed by atoms with van der Waals surface area (Å²) in [5, 5.41) is 0. The first-order chi connectivity index (χ1) is 14.3. The SMILES string of the molecule is c1ccc(C2[C+]3C4C[C@@H]5CC(C[C@H](C4)C5)C3C34C5C[C@@H]6C[C@@H](C[C@H]3C6)C[C@@]254)cc1. The maximum absolute atomic E-state index is 2.55. The van der Waals surface area contributed by atoms with Crippen LogP contribution >= 0.6 is 0 Å². The first kappa shape index (κ1) is 15.8. The Morgan fingerprint density at radius 1 is 0.724 bits per heavy atom. The zero-order valence-corrected chi connectivity index (χ0v) is 17.7. The normalized spacial score (nSPS) is 62.0. The van der Waals surface area contributed by atoms with Crippen LogP contribution in [-0.2, 0) is 0 Å². The molecule has 9 saturated carbocycles. The molecular weight excluding hydrogens is 348 g/mol. The number of hydrogen-bond donors (Lipinski definition) is 0. The van der Waals surface area contributed by atoms with Crippen LogP contribution in [0, 0.1) is 70.0 Å². The minimum absolute atomic E-state index is 0.711. The lowest BCUT2D eigenvalue weighted by Gasteiger charge is -2.49. The highest BCUT2D eigenvalue weighted by Gasteiger charge is 2.97. The van der Waals surface area contributed by atoms with Gasteiger partial charge in [-0.3, -0.25) is 0 Å². The summed E-state index contributed by atoms with van der Waals surface area (Å²) in [7, 11) is 0. The van der Waals surface area contributed by atoms with E-state index in [0.29, 0.717) is 5.41 Å². The van der Waals surface area contributed by atoms with E-state index in [1.54, 1.807) is 69.8 Å². The molecule has 12 atom stereocenters. The molecule has 0 nitrogen and oxygen atoms in total. The van der Waals surface area contributed by atoms with Crippen molar-refractivity contribution >= 4 is 0 Å². The monoisotopic (exact) mass is 383 g/mol. The molecule has 0 aromatic heterocycles. The van der Waals surface area contributed by atoms with E-state index in [1.807, 2.05) is 0 Å². The zero-order chi connectivity index (χ0) is 18.5. The van der Waals surface area contributed by atoms with Gasteiger partial charge in [0.05, 0.1) is 0 Å². The second-order valence-electron chi connectivity index (χ2n) is 13.3. The van der Waals surface area contributed by atoms with E-state index in [-0.39, 0.29) is 0 Å². The van der Waals surface area contributed by atoms with Gasteiger partial charge in [-0.15, -0.1) is 0 Å². The van der Waals surface area contributed by atoms with E-state index in [2.05, 4.69) is 36.2 Å². The molecule has 29 heavy (non-hydrogen) atoms.